The topological polar surface area (TPSA) is 66.6 Å². The fraction of sp³-hybridized carbons (Fsp3) is 0.533. The van der Waals surface area contributed by atoms with Crippen LogP contribution in [0, 0.1) is 6.92 Å². The second-order valence-electron chi connectivity index (χ2n) is 5.16. The van der Waals surface area contributed by atoms with Crippen LogP contribution in [0.25, 0.3) is 0 Å². The first-order valence-electron chi connectivity index (χ1n) is 6.63. The summed E-state index contributed by atoms with van der Waals surface area (Å²) in [5.41, 5.74) is 8.84. The number of aliphatic hydroxyl groups excluding tert-OH is 1. The van der Waals surface area contributed by atoms with Crippen molar-refractivity contribution in [2.75, 3.05) is 18.1 Å². The predicted molar refractivity (Wildman–Crippen MR) is 78.4 cm³/mol. The molecule has 4 nitrogen and oxygen atoms in total. The molecule has 0 aliphatic carbocycles. The lowest BCUT2D eigenvalue weighted by molar-refractivity contribution is -0.117. The quantitative estimate of drug-likeness (QED) is 0.852. The van der Waals surface area contributed by atoms with E-state index in [2.05, 4.69) is 20.8 Å². The second-order valence-corrected chi connectivity index (χ2v) is 5.16. The van der Waals surface area contributed by atoms with Crippen LogP contribution in [0.4, 0.5) is 5.69 Å². The first-order valence-corrected chi connectivity index (χ1v) is 6.63. The van der Waals surface area contributed by atoms with E-state index in [1.54, 1.807) is 4.90 Å². The molecule has 0 aromatic heterocycles. The van der Waals surface area contributed by atoms with Crippen molar-refractivity contribution in [3.05, 3.63) is 29.3 Å². The van der Waals surface area contributed by atoms with Crippen LogP contribution in [0.3, 0.4) is 0 Å². The number of nitrogens with zero attached hydrogens (tertiary/aromatic N) is 1. The van der Waals surface area contributed by atoms with Crippen LogP contribution in [0.1, 0.15) is 37.8 Å². The van der Waals surface area contributed by atoms with Crippen molar-refractivity contribution >= 4 is 11.6 Å². The summed E-state index contributed by atoms with van der Waals surface area (Å²) < 4.78 is 0. The first kappa shape index (κ1) is 15.7. The molecule has 0 bridgehead atoms. The molecule has 0 radical (unpaired) electrons. The van der Waals surface area contributed by atoms with Gasteiger partial charge in [-0.3, -0.25) is 4.79 Å². The van der Waals surface area contributed by atoms with Gasteiger partial charge in [0, 0.05) is 19.2 Å². The molecule has 1 amide bonds. The van der Waals surface area contributed by atoms with Crippen molar-refractivity contribution in [1.82, 2.24) is 0 Å². The number of rotatable bonds is 5. The number of hydrogen-bond acceptors (Lipinski definition) is 3. The Hall–Kier alpha value is -1.39. The molecule has 4 heteroatoms. The van der Waals surface area contributed by atoms with E-state index in [1.165, 1.54) is 18.1 Å². The predicted octanol–water partition coefficient (Wildman–Crippen LogP) is 1.79. The number of benzene rings is 1. The Morgan fingerprint density at radius 2 is 2.05 bits per heavy atom. The summed E-state index contributed by atoms with van der Waals surface area (Å²) in [6.07, 6.45) is 0. The lowest BCUT2D eigenvalue weighted by Gasteiger charge is -2.29. The number of nitrogens with two attached hydrogens (primary N) is 1. The number of aryl methyl sites for hydroxylation is 1. The molecule has 1 unspecified atom stereocenters. The Labute approximate surface area is 115 Å². The number of anilines is 1. The summed E-state index contributed by atoms with van der Waals surface area (Å²) in [6, 6.07) is 5.55. The average Bonchev–Trinajstić information content (AvgIpc) is 2.36. The zero-order valence-electron chi connectivity index (χ0n) is 12.2. The van der Waals surface area contributed by atoms with Crippen molar-refractivity contribution in [1.29, 1.82) is 0 Å². The number of amides is 1. The highest BCUT2D eigenvalue weighted by Crippen LogP contribution is 2.26. The van der Waals surface area contributed by atoms with Gasteiger partial charge in [0.1, 0.15) is 0 Å². The summed E-state index contributed by atoms with van der Waals surface area (Å²) in [5.74, 6) is 0.280. The Balaban J connectivity index is 3.24. The highest BCUT2D eigenvalue weighted by Gasteiger charge is 2.21. The van der Waals surface area contributed by atoms with Gasteiger partial charge in [-0.15, -0.1) is 0 Å². The zero-order chi connectivity index (χ0) is 14.6. The molecule has 0 aliphatic heterocycles. The molecular formula is C15H24N2O2. The Morgan fingerprint density at radius 1 is 1.42 bits per heavy atom. The van der Waals surface area contributed by atoms with E-state index < -0.39 is 0 Å². The van der Waals surface area contributed by atoms with Gasteiger partial charge >= 0.3 is 0 Å². The third-order valence-electron chi connectivity index (χ3n) is 3.35. The lowest BCUT2D eigenvalue weighted by atomic mass is 9.97. The Bertz CT molecular complexity index is 440. The van der Waals surface area contributed by atoms with Crippen LogP contribution in [-0.2, 0) is 4.79 Å². The number of hydrogen-bond donors (Lipinski definition) is 2. The third-order valence-corrected chi connectivity index (χ3v) is 3.35. The summed E-state index contributed by atoms with van der Waals surface area (Å²) in [7, 11) is 0. The van der Waals surface area contributed by atoms with E-state index in [0.717, 1.165) is 5.69 Å². The maximum Gasteiger partial charge on any atom is 0.224 e. The molecule has 106 valence electrons. The smallest absolute Gasteiger partial charge is 0.224 e. The average molecular weight is 264 g/mol. The molecule has 0 aliphatic rings. The number of aliphatic hydroxyl groups is 1. The van der Waals surface area contributed by atoms with Crippen LogP contribution in [0.15, 0.2) is 18.2 Å². The van der Waals surface area contributed by atoms with Gasteiger partial charge in [-0.2, -0.15) is 0 Å². The van der Waals surface area contributed by atoms with Gasteiger partial charge in [0.2, 0.25) is 5.91 Å². The fourth-order valence-corrected chi connectivity index (χ4v) is 2.31. The molecule has 0 fully saturated rings. The van der Waals surface area contributed by atoms with Crippen LogP contribution in [-0.4, -0.2) is 30.2 Å². The van der Waals surface area contributed by atoms with Crippen LogP contribution < -0.4 is 10.6 Å². The van der Waals surface area contributed by atoms with E-state index in [1.807, 2.05) is 18.2 Å². The molecule has 1 atom stereocenters. The van der Waals surface area contributed by atoms with Crippen LogP contribution >= 0.6 is 0 Å². The maximum atomic E-state index is 11.8. The number of carbonyl (C=O) groups excluding carboxylic acids is 1. The monoisotopic (exact) mass is 264 g/mol. The minimum atomic E-state index is -0.375. The molecule has 19 heavy (non-hydrogen) atoms. The van der Waals surface area contributed by atoms with Gasteiger partial charge in [0.05, 0.1) is 12.6 Å². The molecule has 0 heterocycles. The largest absolute Gasteiger partial charge is 0.394 e. The molecule has 0 saturated carbocycles. The van der Waals surface area contributed by atoms with E-state index >= 15 is 0 Å². The summed E-state index contributed by atoms with van der Waals surface area (Å²) in [5, 5.41) is 9.37. The molecule has 0 spiro atoms. The second kappa shape index (κ2) is 6.68. The molecule has 1 aromatic rings. The van der Waals surface area contributed by atoms with Crippen LogP contribution in [0.2, 0.25) is 0 Å². The Morgan fingerprint density at radius 3 is 2.47 bits per heavy atom. The minimum absolute atomic E-state index is 0.108. The van der Waals surface area contributed by atoms with E-state index in [4.69, 9.17) is 5.73 Å². The third kappa shape index (κ3) is 3.55. The van der Waals surface area contributed by atoms with Crippen molar-refractivity contribution in [2.45, 2.75) is 39.7 Å². The Kier molecular flexibility index (Phi) is 5.51. The maximum absolute atomic E-state index is 11.8. The van der Waals surface area contributed by atoms with E-state index in [9.17, 15) is 9.90 Å². The SMILES string of the molecule is CC(=O)N(c1ccc(C)c(C(C)C)c1)C(CN)CO. The van der Waals surface area contributed by atoms with Crippen LogP contribution in [0.5, 0.6) is 0 Å². The first-order chi connectivity index (χ1) is 8.92. The van der Waals surface area contributed by atoms with Crippen molar-refractivity contribution in [3.63, 3.8) is 0 Å². The van der Waals surface area contributed by atoms with Gasteiger partial charge in [-0.25, -0.2) is 0 Å². The van der Waals surface area contributed by atoms with E-state index in [-0.39, 0.29) is 25.1 Å². The highest BCUT2D eigenvalue weighted by molar-refractivity contribution is 5.92. The van der Waals surface area contributed by atoms with Crippen molar-refractivity contribution < 1.29 is 9.90 Å². The van der Waals surface area contributed by atoms with Gasteiger partial charge in [-0.05, 0) is 36.1 Å². The zero-order valence-corrected chi connectivity index (χ0v) is 12.2. The highest BCUT2D eigenvalue weighted by atomic mass is 16.3. The molecule has 1 aromatic carbocycles. The van der Waals surface area contributed by atoms with Gasteiger partial charge < -0.3 is 15.7 Å². The minimum Gasteiger partial charge on any atom is -0.394 e. The molecule has 3 N–H and O–H groups in total. The van der Waals surface area contributed by atoms with Gasteiger partial charge in [-0.1, -0.05) is 19.9 Å². The van der Waals surface area contributed by atoms with Gasteiger partial charge in [0.15, 0.2) is 0 Å². The van der Waals surface area contributed by atoms with Crippen molar-refractivity contribution in [3.8, 4) is 0 Å². The number of carbonyl (C=O) groups is 1. The summed E-state index contributed by atoms with van der Waals surface area (Å²) in [6.45, 7) is 7.90. The summed E-state index contributed by atoms with van der Waals surface area (Å²) >= 11 is 0. The molecule has 1 rings (SSSR count). The normalized spacial score (nSPS) is 12.6. The molecule has 0 saturated heterocycles. The lowest BCUT2D eigenvalue weighted by Crippen LogP contribution is -2.46. The fourth-order valence-electron chi connectivity index (χ4n) is 2.31. The molecular weight excluding hydrogens is 240 g/mol. The standard InChI is InChI=1S/C15H24N2O2/c1-10(2)15-7-13(6-5-11(15)3)17(12(4)19)14(8-16)9-18/h5-7,10,14,18H,8-9,16H2,1-4H3. The van der Waals surface area contributed by atoms with Crippen molar-refractivity contribution in [2.24, 2.45) is 5.73 Å². The van der Waals surface area contributed by atoms with Gasteiger partial charge in [0.25, 0.3) is 0 Å². The summed E-state index contributed by atoms with van der Waals surface area (Å²) in [4.78, 5) is 13.4. The van der Waals surface area contributed by atoms with E-state index in [0.29, 0.717) is 5.92 Å².